The SMILES string of the molecule is COc1ncccc1C(=O)NCCCN1CCOCC1. The van der Waals surface area contributed by atoms with Crippen LogP contribution in [0.3, 0.4) is 0 Å². The van der Waals surface area contributed by atoms with Crippen LogP contribution in [0.15, 0.2) is 18.3 Å². The number of methoxy groups -OCH3 is 1. The van der Waals surface area contributed by atoms with Crippen LogP contribution in [0.2, 0.25) is 0 Å². The number of pyridine rings is 1. The molecule has 6 heteroatoms. The Balaban J connectivity index is 1.72. The smallest absolute Gasteiger partial charge is 0.256 e. The van der Waals surface area contributed by atoms with Gasteiger partial charge in [-0.1, -0.05) is 0 Å². The number of nitrogens with one attached hydrogen (secondary N) is 1. The first-order valence-electron chi connectivity index (χ1n) is 6.88. The van der Waals surface area contributed by atoms with Crippen LogP contribution >= 0.6 is 0 Å². The quantitative estimate of drug-likeness (QED) is 0.770. The Hall–Kier alpha value is -1.66. The van der Waals surface area contributed by atoms with E-state index in [0.717, 1.165) is 39.3 Å². The summed E-state index contributed by atoms with van der Waals surface area (Å²) in [6, 6.07) is 3.44. The minimum absolute atomic E-state index is 0.142. The normalized spacial score (nSPS) is 15.8. The van der Waals surface area contributed by atoms with Crippen LogP contribution < -0.4 is 10.1 Å². The van der Waals surface area contributed by atoms with Crippen molar-refractivity contribution in [2.45, 2.75) is 6.42 Å². The lowest BCUT2D eigenvalue weighted by atomic mass is 10.2. The first-order valence-corrected chi connectivity index (χ1v) is 6.88. The summed E-state index contributed by atoms with van der Waals surface area (Å²) in [5.74, 6) is 0.218. The van der Waals surface area contributed by atoms with Crippen LogP contribution in [0, 0.1) is 0 Å². The summed E-state index contributed by atoms with van der Waals surface area (Å²) in [6.07, 6.45) is 2.53. The number of rotatable bonds is 6. The maximum atomic E-state index is 12.0. The molecule has 1 aromatic rings. The lowest BCUT2D eigenvalue weighted by Gasteiger charge is -2.26. The fourth-order valence-electron chi connectivity index (χ4n) is 2.15. The van der Waals surface area contributed by atoms with Crippen molar-refractivity contribution >= 4 is 5.91 Å². The molecule has 1 saturated heterocycles. The van der Waals surface area contributed by atoms with E-state index in [1.165, 1.54) is 7.11 Å². The molecular weight excluding hydrogens is 258 g/mol. The topological polar surface area (TPSA) is 63.7 Å². The molecule has 110 valence electrons. The zero-order chi connectivity index (χ0) is 14.2. The van der Waals surface area contributed by atoms with Crippen molar-refractivity contribution in [1.29, 1.82) is 0 Å². The van der Waals surface area contributed by atoms with E-state index in [4.69, 9.17) is 9.47 Å². The number of amides is 1. The van der Waals surface area contributed by atoms with Gasteiger partial charge in [-0.05, 0) is 25.1 Å². The molecular formula is C14H21N3O3. The molecule has 1 aliphatic rings. The molecule has 0 saturated carbocycles. The summed E-state index contributed by atoms with van der Waals surface area (Å²) in [5, 5.41) is 2.90. The van der Waals surface area contributed by atoms with E-state index in [0.29, 0.717) is 18.0 Å². The van der Waals surface area contributed by atoms with Crippen molar-refractivity contribution in [3.8, 4) is 5.88 Å². The fraction of sp³-hybridized carbons (Fsp3) is 0.571. The fourth-order valence-corrected chi connectivity index (χ4v) is 2.15. The molecule has 20 heavy (non-hydrogen) atoms. The van der Waals surface area contributed by atoms with Crippen molar-refractivity contribution in [2.24, 2.45) is 0 Å². The third-order valence-electron chi connectivity index (χ3n) is 3.25. The minimum atomic E-state index is -0.142. The third-order valence-corrected chi connectivity index (χ3v) is 3.25. The maximum Gasteiger partial charge on any atom is 0.256 e. The standard InChI is InChI=1S/C14H21N3O3/c1-19-14-12(4-2-5-16-14)13(18)15-6-3-7-17-8-10-20-11-9-17/h2,4-5H,3,6-11H2,1H3,(H,15,18). The van der Waals surface area contributed by atoms with Crippen LogP contribution in [0.25, 0.3) is 0 Å². The Labute approximate surface area is 119 Å². The summed E-state index contributed by atoms with van der Waals surface area (Å²) in [7, 11) is 1.51. The molecule has 1 aliphatic heterocycles. The molecule has 0 spiro atoms. The van der Waals surface area contributed by atoms with Crippen LogP contribution in [-0.4, -0.2) is 62.3 Å². The summed E-state index contributed by atoms with van der Waals surface area (Å²) in [5.41, 5.74) is 0.473. The number of hydrogen-bond acceptors (Lipinski definition) is 5. The molecule has 1 fully saturated rings. The van der Waals surface area contributed by atoms with Crippen molar-refractivity contribution < 1.29 is 14.3 Å². The second-order valence-electron chi connectivity index (χ2n) is 4.62. The second-order valence-corrected chi connectivity index (χ2v) is 4.62. The molecule has 1 amide bonds. The Morgan fingerprint density at radius 2 is 2.30 bits per heavy atom. The van der Waals surface area contributed by atoms with Crippen LogP contribution in [0.1, 0.15) is 16.8 Å². The zero-order valence-corrected chi connectivity index (χ0v) is 11.8. The van der Waals surface area contributed by atoms with Gasteiger partial charge < -0.3 is 14.8 Å². The lowest BCUT2D eigenvalue weighted by molar-refractivity contribution is 0.0374. The van der Waals surface area contributed by atoms with Gasteiger partial charge in [-0.15, -0.1) is 0 Å². The average molecular weight is 279 g/mol. The van der Waals surface area contributed by atoms with E-state index >= 15 is 0 Å². The van der Waals surface area contributed by atoms with E-state index in [9.17, 15) is 4.79 Å². The van der Waals surface area contributed by atoms with Crippen molar-refractivity contribution in [2.75, 3.05) is 46.5 Å². The molecule has 0 unspecified atom stereocenters. The van der Waals surface area contributed by atoms with E-state index in [-0.39, 0.29) is 5.91 Å². The van der Waals surface area contributed by atoms with Crippen molar-refractivity contribution in [3.63, 3.8) is 0 Å². The summed E-state index contributed by atoms with van der Waals surface area (Å²) in [6.45, 7) is 5.19. The molecule has 0 atom stereocenters. The average Bonchev–Trinajstić information content (AvgIpc) is 2.52. The van der Waals surface area contributed by atoms with Gasteiger partial charge in [0.15, 0.2) is 0 Å². The highest BCUT2D eigenvalue weighted by atomic mass is 16.5. The highest BCUT2D eigenvalue weighted by molar-refractivity contribution is 5.96. The summed E-state index contributed by atoms with van der Waals surface area (Å²) < 4.78 is 10.4. The molecule has 1 N–H and O–H groups in total. The number of nitrogens with zero attached hydrogens (tertiary/aromatic N) is 2. The molecule has 0 aromatic carbocycles. The highest BCUT2D eigenvalue weighted by Crippen LogP contribution is 2.12. The number of morpholine rings is 1. The van der Waals surface area contributed by atoms with Gasteiger partial charge in [-0.3, -0.25) is 9.69 Å². The predicted octanol–water partition coefficient (Wildman–Crippen LogP) is 0.542. The number of aromatic nitrogens is 1. The molecule has 1 aromatic heterocycles. The molecule has 2 heterocycles. The van der Waals surface area contributed by atoms with Crippen molar-refractivity contribution in [1.82, 2.24) is 15.2 Å². The highest BCUT2D eigenvalue weighted by Gasteiger charge is 2.13. The largest absolute Gasteiger partial charge is 0.480 e. The molecule has 0 aliphatic carbocycles. The van der Waals surface area contributed by atoms with Crippen LogP contribution in [0.4, 0.5) is 0 Å². The summed E-state index contributed by atoms with van der Waals surface area (Å²) in [4.78, 5) is 18.4. The van der Waals surface area contributed by atoms with E-state index in [1.54, 1.807) is 18.3 Å². The maximum absolute atomic E-state index is 12.0. The van der Waals surface area contributed by atoms with Crippen LogP contribution in [0.5, 0.6) is 5.88 Å². The number of carbonyl (C=O) groups excluding carboxylic acids is 1. The molecule has 2 rings (SSSR count). The molecule has 0 bridgehead atoms. The first kappa shape index (κ1) is 14.7. The Bertz CT molecular complexity index is 433. The van der Waals surface area contributed by atoms with E-state index in [1.807, 2.05) is 0 Å². The van der Waals surface area contributed by atoms with Crippen molar-refractivity contribution in [3.05, 3.63) is 23.9 Å². The van der Waals surface area contributed by atoms with Gasteiger partial charge in [0.05, 0.1) is 20.3 Å². The number of hydrogen-bond donors (Lipinski definition) is 1. The Morgan fingerprint density at radius 3 is 3.05 bits per heavy atom. The zero-order valence-electron chi connectivity index (χ0n) is 11.8. The third kappa shape index (κ3) is 4.18. The predicted molar refractivity (Wildman–Crippen MR) is 75.0 cm³/mol. The Kier molecular flexibility index (Phi) is 5.76. The van der Waals surface area contributed by atoms with Gasteiger partial charge in [0.2, 0.25) is 5.88 Å². The van der Waals surface area contributed by atoms with E-state index in [2.05, 4.69) is 15.2 Å². The summed E-state index contributed by atoms with van der Waals surface area (Å²) >= 11 is 0. The van der Waals surface area contributed by atoms with Crippen LogP contribution in [-0.2, 0) is 4.74 Å². The number of carbonyl (C=O) groups is 1. The van der Waals surface area contributed by atoms with Gasteiger partial charge in [-0.25, -0.2) is 4.98 Å². The van der Waals surface area contributed by atoms with Gasteiger partial charge in [0, 0.05) is 25.8 Å². The van der Waals surface area contributed by atoms with Gasteiger partial charge >= 0.3 is 0 Å². The molecule has 6 nitrogen and oxygen atoms in total. The molecule has 0 radical (unpaired) electrons. The van der Waals surface area contributed by atoms with E-state index < -0.39 is 0 Å². The minimum Gasteiger partial charge on any atom is -0.480 e. The van der Waals surface area contributed by atoms with Gasteiger partial charge in [0.1, 0.15) is 5.56 Å². The Morgan fingerprint density at radius 1 is 1.50 bits per heavy atom. The second kappa shape index (κ2) is 7.81. The lowest BCUT2D eigenvalue weighted by Crippen LogP contribution is -2.38. The van der Waals surface area contributed by atoms with Gasteiger partial charge in [-0.2, -0.15) is 0 Å². The monoisotopic (exact) mass is 279 g/mol. The first-order chi connectivity index (χ1) is 9.81. The van der Waals surface area contributed by atoms with Gasteiger partial charge in [0.25, 0.3) is 5.91 Å². The number of ether oxygens (including phenoxy) is 2.